The number of fused-ring (bicyclic) bond motifs is 1. The van der Waals surface area contributed by atoms with Crippen LogP contribution < -0.4 is 5.73 Å². The number of aliphatic imine (C=N–C) groups is 1. The molecule has 35 heavy (non-hydrogen) atoms. The first-order valence-electron chi connectivity index (χ1n) is 10.8. The number of alkyl halides is 2. The first-order chi connectivity index (χ1) is 16.7. The topological polar surface area (TPSA) is 96.9 Å². The fraction of sp³-hybridized carbons (Fsp3) is 0.250. The summed E-state index contributed by atoms with van der Waals surface area (Å²) in [5, 5.41) is 0.937. The van der Waals surface area contributed by atoms with Gasteiger partial charge in [0.15, 0.2) is 17.7 Å². The summed E-state index contributed by atoms with van der Waals surface area (Å²) in [6.07, 6.45) is 4.73. The molecule has 2 atom stereocenters. The summed E-state index contributed by atoms with van der Waals surface area (Å²) in [5.74, 6) is -4.59. The number of pyridine rings is 2. The number of nitrogens with zero attached hydrogens (tertiary/aromatic N) is 5. The molecule has 2 aromatic heterocycles. The number of carbonyl (C=O) groups excluding carboxylic acids is 1. The first-order valence-corrected chi connectivity index (χ1v) is 10.8. The molecule has 180 valence electrons. The summed E-state index contributed by atoms with van der Waals surface area (Å²) < 4.78 is 43.2. The fourth-order valence-corrected chi connectivity index (χ4v) is 4.75. The third kappa shape index (κ3) is 3.97. The molecule has 2 unspecified atom stereocenters. The van der Waals surface area contributed by atoms with Gasteiger partial charge in [0.2, 0.25) is 0 Å². The van der Waals surface area contributed by atoms with Crippen LogP contribution in [0, 0.1) is 5.82 Å². The number of carbonyl (C=O) groups is 1. The van der Waals surface area contributed by atoms with Crippen molar-refractivity contribution in [3.63, 3.8) is 0 Å². The van der Waals surface area contributed by atoms with Crippen molar-refractivity contribution in [1.29, 1.82) is 0 Å². The van der Waals surface area contributed by atoms with E-state index in [1.54, 1.807) is 48.8 Å². The molecule has 1 saturated heterocycles. The Morgan fingerprint density at radius 3 is 2.54 bits per heavy atom. The van der Waals surface area contributed by atoms with Gasteiger partial charge in [-0.05, 0) is 41.0 Å². The van der Waals surface area contributed by atoms with Gasteiger partial charge in [-0.25, -0.2) is 18.2 Å². The van der Waals surface area contributed by atoms with Crippen LogP contribution in [0.15, 0.2) is 72.2 Å². The largest absolute Gasteiger partial charge is 0.370 e. The van der Waals surface area contributed by atoms with Gasteiger partial charge in [0, 0.05) is 31.1 Å². The molecule has 2 aliphatic rings. The van der Waals surface area contributed by atoms with Crippen molar-refractivity contribution in [3.8, 4) is 11.1 Å². The third-order valence-electron chi connectivity index (χ3n) is 6.02. The lowest BCUT2D eigenvalue weighted by Crippen LogP contribution is -2.66. The van der Waals surface area contributed by atoms with Crippen molar-refractivity contribution in [2.24, 2.45) is 10.7 Å². The Kier molecular flexibility index (Phi) is 5.43. The van der Waals surface area contributed by atoms with Gasteiger partial charge < -0.3 is 15.5 Å². The van der Waals surface area contributed by atoms with E-state index in [9.17, 15) is 18.0 Å². The zero-order chi connectivity index (χ0) is 24.8. The smallest absolute Gasteiger partial charge is 0.322 e. The van der Waals surface area contributed by atoms with Gasteiger partial charge >= 0.3 is 5.97 Å². The van der Waals surface area contributed by atoms with Crippen LogP contribution in [0.2, 0.25) is 0 Å². The summed E-state index contributed by atoms with van der Waals surface area (Å²) >= 11 is 0. The molecule has 0 bridgehead atoms. The van der Waals surface area contributed by atoms with E-state index in [1.165, 1.54) is 17.2 Å². The molecule has 1 fully saturated rings. The van der Waals surface area contributed by atoms with Crippen LogP contribution in [-0.4, -0.2) is 57.0 Å². The molecular formula is C24H21F3N6O2. The van der Waals surface area contributed by atoms with Crippen molar-refractivity contribution < 1.29 is 22.8 Å². The molecule has 2 N–H and O–H groups in total. The number of aromatic nitrogens is 2. The van der Waals surface area contributed by atoms with Crippen molar-refractivity contribution in [2.75, 3.05) is 13.1 Å². The SMILES string of the molecule is CC(=O)ON1CC(F)(F)CN2C(N)=NC(c3ccncc3)(c3cccc(-c4cncc(F)c4)c3)C12. The standard InChI is InChI=1S/C24H21F3N6O2/c1-15(34)35-33-14-23(26,27)13-32-21(33)24(31-22(32)28,18-5-7-29-8-6-18)19-4-2-3-16(9-19)17-10-20(25)12-30-11-17/h2-12,21H,13-14H2,1H3,(H2,28,31). The highest BCUT2D eigenvalue weighted by Gasteiger charge is 2.60. The average molecular weight is 482 g/mol. The van der Waals surface area contributed by atoms with E-state index in [0.717, 1.165) is 18.2 Å². The van der Waals surface area contributed by atoms with Crippen LogP contribution in [0.5, 0.6) is 0 Å². The minimum atomic E-state index is -3.21. The van der Waals surface area contributed by atoms with E-state index >= 15 is 0 Å². The normalized spacial score (nSPS) is 23.5. The van der Waals surface area contributed by atoms with Crippen LogP contribution in [0.4, 0.5) is 13.2 Å². The van der Waals surface area contributed by atoms with Crippen LogP contribution in [-0.2, 0) is 15.2 Å². The van der Waals surface area contributed by atoms with Gasteiger partial charge in [0.25, 0.3) is 5.92 Å². The van der Waals surface area contributed by atoms with E-state index in [2.05, 4.69) is 9.97 Å². The molecule has 0 amide bonds. The molecule has 8 nitrogen and oxygen atoms in total. The monoisotopic (exact) mass is 482 g/mol. The van der Waals surface area contributed by atoms with Gasteiger partial charge in [-0.15, -0.1) is 5.06 Å². The summed E-state index contributed by atoms with van der Waals surface area (Å²) in [5.41, 5.74) is 7.19. The van der Waals surface area contributed by atoms with Crippen molar-refractivity contribution in [1.82, 2.24) is 19.9 Å². The van der Waals surface area contributed by atoms with Crippen LogP contribution in [0.1, 0.15) is 18.1 Å². The molecule has 11 heteroatoms. The van der Waals surface area contributed by atoms with Gasteiger partial charge in [-0.1, -0.05) is 18.2 Å². The van der Waals surface area contributed by atoms with Gasteiger partial charge in [-0.3, -0.25) is 14.8 Å². The second-order valence-corrected chi connectivity index (χ2v) is 8.46. The zero-order valence-electron chi connectivity index (χ0n) is 18.6. The fourth-order valence-electron chi connectivity index (χ4n) is 4.75. The highest BCUT2D eigenvalue weighted by molar-refractivity contribution is 5.83. The number of hydrogen-bond donors (Lipinski definition) is 1. The van der Waals surface area contributed by atoms with Gasteiger partial charge in [0.05, 0.1) is 12.7 Å². The number of hydrogen-bond acceptors (Lipinski definition) is 8. The Morgan fingerprint density at radius 1 is 1.06 bits per heavy atom. The molecular weight excluding hydrogens is 461 g/mol. The molecule has 0 spiro atoms. The highest BCUT2D eigenvalue weighted by atomic mass is 19.3. The third-order valence-corrected chi connectivity index (χ3v) is 6.02. The maximum atomic E-state index is 14.7. The quantitative estimate of drug-likeness (QED) is 0.611. The van der Waals surface area contributed by atoms with Gasteiger partial charge in [0.1, 0.15) is 12.4 Å². The number of halogens is 3. The van der Waals surface area contributed by atoms with Crippen LogP contribution in [0.25, 0.3) is 11.1 Å². The van der Waals surface area contributed by atoms with Gasteiger partial charge in [-0.2, -0.15) is 0 Å². The maximum absolute atomic E-state index is 14.7. The Morgan fingerprint density at radius 2 is 1.83 bits per heavy atom. The Hall–Kier alpha value is -3.99. The Labute approximate surface area is 198 Å². The molecule has 0 saturated carbocycles. The second kappa shape index (κ2) is 8.35. The maximum Gasteiger partial charge on any atom is 0.322 e. The molecule has 5 rings (SSSR count). The Bertz CT molecular complexity index is 1310. The molecule has 2 aliphatic heterocycles. The molecule has 0 aliphatic carbocycles. The van der Waals surface area contributed by atoms with Crippen LogP contribution in [0.3, 0.4) is 0 Å². The van der Waals surface area contributed by atoms with E-state index in [4.69, 9.17) is 15.6 Å². The van der Waals surface area contributed by atoms with E-state index in [0.29, 0.717) is 22.3 Å². The summed E-state index contributed by atoms with van der Waals surface area (Å²) in [6, 6.07) is 11.8. The average Bonchev–Trinajstić information content (AvgIpc) is 3.12. The van der Waals surface area contributed by atoms with E-state index in [-0.39, 0.29) is 5.96 Å². The van der Waals surface area contributed by atoms with Crippen molar-refractivity contribution in [3.05, 3.63) is 84.2 Å². The number of nitrogens with two attached hydrogens (primary N) is 1. The van der Waals surface area contributed by atoms with E-state index < -0.39 is 42.5 Å². The predicted octanol–water partition coefficient (Wildman–Crippen LogP) is 2.91. The lowest BCUT2D eigenvalue weighted by Gasteiger charge is -2.47. The molecule has 4 heterocycles. The van der Waals surface area contributed by atoms with E-state index in [1.807, 2.05) is 0 Å². The summed E-state index contributed by atoms with van der Waals surface area (Å²) in [6.45, 7) is -0.399. The first kappa shape index (κ1) is 22.8. The number of benzene rings is 1. The molecule has 1 aromatic carbocycles. The zero-order valence-corrected chi connectivity index (χ0v) is 18.6. The second-order valence-electron chi connectivity index (χ2n) is 8.46. The molecule has 3 aromatic rings. The minimum absolute atomic E-state index is 0.124. The van der Waals surface area contributed by atoms with Crippen molar-refractivity contribution >= 4 is 11.9 Å². The predicted molar refractivity (Wildman–Crippen MR) is 120 cm³/mol. The summed E-state index contributed by atoms with van der Waals surface area (Å²) in [7, 11) is 0. The van der Waals surface area contributed by atoms with Crippen molar-refractivity contribution in [2.45, 2.75) is 24.6 Å². The Balaban J connectivity index is 1.73. The summed E-state index contributed by atoms with van der Waals surface area (Å²) in [4.78, 5) is 31.1. The lowest BCUT2D eigenvalue weighted by atomic mass is 9.79. The van der Waals surface area contributed by atoms with Crippen LogP contribution >= 0.6 is 0 Å². The lowest BCUT2D eigenvalue weighted by molar-refractivity contribution is -0.263. The number of guanidine groups is 1. The highest BCUT2D eigenvalue weighted by Crippen LogP contribution is 2.48. The minimum Gasteiger partial charge on any atom is -0.370 e. The molecule has 0 radical (unpaired) electrons. The number of rotatable bonds is 4. The number of hydroxylamine groups is 2.